The van der Waals surface area contributed by atoms with Gasteiger partial charge >= 0.3 is 5.97 Å². The zero-order valence-electron chi connectivity index (χ0n) is 11.8. The van der Waals surface area contributed by atoms with Crippen molar-refractivity contribution < 1.29 is 14.7 Å². The number of halogens is 1. The number of carboxylic acids is 1. The molecule has 2 N–H and O–H groups in total. The van der Waals surface area contributed by atoms with Crippen LogP contribution in [0, 0.1) is 0 Å². The fourth-order valence-corrected chi connectivity index (χ4v) is 3.32. The Balaban J connectivity index is 2.73. The van der Waals surface area contributed by atoms with Gasteiger partial charge in [-0.2, -0.15) is 0 Å². The first-order valence-electron chi connectivity index (χ1n) is 6.58. The highest BCUT2D eigenvalue weighted by Gasteiger charge is 2.49. The van der Waals surface area contributed by atoms with Crippen molar-refractivity contribution in [1.82, 2.24) is 5.32 Å². The molecule has 2 rings (SSSR count). The number of carbonyl (C=O) groups excluding carboxylic acids is 1. The highest BCUT2D eigenvalue weighted by Crippen LogP contribution is 2.43. The molecule has 1 heterocycles. The predicted octanol–water partition coefficient (Wildman–Crippen LogP) is 2.94. The molecule has 5 heteroatoms. The molecule has 1 unspecified atom stereocenters. The number of fused-ring (bicyclic) bond motifs is 1. The lowest BCUT2D eigenvalue weighted by molar-refractivity contribution is -0.143. The maximum absolute atomic E-state index is 12.6. The smallest absolute Gasteiger partial charge is 0.304 e. The number of hydrogen-bond donors (Lipinski definition) is 2. The highest BCUT2D eigenvalue weighted by molar-refractivity contribution is 9.10. The van der Waals surface area contributed by atoms with E-state index in [4.69, 9.17) is 0 Å². The van der Waals surface area contributed by atoms with Gasteiger partial charge in [0.05, 0.1) is 17.4 Å². The normalized spacial score (nSPS) is 23.9. The molecule has 0 bridgehead atoms. The molecule has 0 radical (unpaired) electrons. The molecule has 1 aromatic rings. The number of aliphatic carboxylic acids is 1. The van der Waals surface area contributed by atoms with Crippen LogP contribution in [0.4, 0.5) is 0 Å². The Morgan fingerprint density at radius 1 is 1.35 bits per heavy atom. The van der Waals surface area contributed by atoms with Crippen LogP contribution in [0.3, 0.4) is 0 Å². The molecular formula is C15H18BrNO3. The van der Waals surface area contributed by atoms with Gasteiger partial charge in [0.2, 0.25) is 5.91 Å². The van der Waals surface area contributed by atoms with Crippen molar-refractivity contribution in [3.05, 3.63) is 33.8 Å². The van der Waals surface area contributed by atoms with Crippen LogP contribution in [0.1, 0.15) is 44.7 Å². The van der Waals surface area contributed by atoms with Crippen LogP contribution >= 0.6 is 15.9 Å². The fraction of sp³-hybridized carbons (Fsp3) is 0.467. The molecular weight excluding hydrogens is 322 g/mol. The summed E-state index contributed by atoms with van der Waals surface area (Å²) in [6, 6.07) is 5.74. The Bertz CT molecular complexity index is 582. The molecule has 4 nitrogen and oxygen atoms in total. The summed E-state index contributed by atoms with van der Waals surface area (Å²) in [7, 11) is 0. The lowest BCUT2D eigenvalue weighted by Gasteiger charge is -2.44. The van der Waals surface area contributed by atoms with Gasteiger partial charge in [0, 0.05) is 4.47 Å². The Morgan fingerprint density at radius 3 is 2.55 bits per heavy atom. The zero-order valence-corrected chi connectivity index (χ0v) is 13.4. The van der Waals surface area contributed by atoms with Gasteiger partial charge in [-0.05, 0) is 43.5 Å². The van der Waals surface area contributed by atoms with Crippen molar-refractivity contribution in [3.8, 4) is 0 Å². The summed E-state index contributed by atoms with van der Waals surface area (Å²) in [5.41, 5.74) is 0.291. The molecule has 0 aromatic heterocycles. The van der Waals surface area contributed by atoms with Gasteiger partial charge in [-0.1, -0.05) is 28.9 Å². The van der Waals surface area contributed by atoms with Crippen LogP contribution < -0.4 is 5.32 Å². The number of carbonyl (C=O) groups is 2. The highest BCUT2D eigenvalue weighted by atomic mass is 79.9. The van der Waals surface area contributed by atoms with Crippen LogP contribution in [0.2, 0.25) is 0 Å². The summed E-state index contributed by atoms with van der Waals surface area (Å²) in [6.45, 7) is 5.71. The summed E-state index contributed by atoms with van der Waals surface area (Å²) in [5.74, 6) is -1.18. The molecule has 108 valence electrons. The first-order valence-corrected chi connectivity index (χ1v) is 7.37. The van der Waals surface area contributed by atoms with E-state index in [0.29, 0.717) is 6.42 Å². The third kappa shape index (κ3) is 2.24. The Morgan fingerprint density at radius 2 is 2.00 bits per heavy atom. The van der Waals surface area contributed by atoms with Crippen LogP contribution in [-0.4, -0.2) is 17.0 Å². The molecule has 1 atom stereocenters. The van der Waals surface area contributed by atoms with E-state index in [0.717, 1.165) is 15.6 Å². The minimum Gasteiger partial charge on any atom is -0.481 e. The lowest BCUT2D eigenvalue weighted by Crippen LogP contribution is -2.57. The number of hydrogen-bond acceptors (Lipinski definition) is 2. The van der Waals surface area contributed by atoms with E-state index in [2.05, 4.69) is 21.2 Å². The third-order valence-corrected chi connectivity index (χ3v) is 4.58. The number of nitrogens with one attached hydrogen (secondary N) is 1. The van der Waals surface area contributed by atoms with E-state index in [-0.39, 0.29) is 12.3 Å². The summed E-state index contributed by atoms with van der Waals surface area (Å²) >= 11 is 3.42. The van der Waals surface area contributed by atoms with Gasteiger partial charge in [-0.25, -0.2) is 0 Å². The maximum atomic E-state index is 12.6. The molecule has 1 aliphatic rings. The van der Waals surface area contributed by atoms with E-state index in [1.54, 1.807) is 0 Å². The summed E-state index contributed by atoms with van der Waals surface area (Å²) in [4.78, 5) is 23.8. The van der Waals surface area contributed by atoms with E-state index < -0.39 is 16.9 Å². The Kier molecular flexibility index (Phi) is 3.67. The molecule has 0 aliphatic carbocycles. The number of amides is 1. The first-order chi connectivity index (χ1) is 9.23. The molecule has 0 saturated heterocycles. The minimum atomic E-state index is -1.000. The van der Waals surface area contributed by atoms with Crippen LogP contribution in [-0.2, 0) is 20.5 Å². The molecule has 20 heavy (non-hydrogen) atoms. The Labute approximate surface area is 126 Å². The predicted molar refractivity (Wildman–Crippen MR) is 79.5 cm³/mol. The number of benzene rings is 1. The third-order valence-electron chi connectivity index (χ3n) is 4.09. The largest absolute Gasteiger partial charge is 0.481 e. The van der Waals surface area contributed by atoms with Crippen molar-refractivity contribution >= 4 is 27.8 Å². The second-order valence-corrected chi connectivity index (χ2v) is 6.69. The van der Waals surface area contributed by atoms with Gasteiger partial charge in [0.1, 0.15) is 0 Å². The van der Waals surface area contributed by atoms with Crippen LogP contribution in [0.15, 0.2) is 22.7 Å². The topological polar surface area (TPSA) is 66.4 Å². The van der Waals surface area contributed by atoms with Crippen molar-refractivity contribution in [3.63, 3.8) is 0 Å². The van der Waals surface area contributed by atoms with Gasteiger partial charge < -0.3 is 10.4 Å². The second-order valence-electron chi connectivity index (χ2n) is 5.78. The van der Waals surface area contributed by atoms with Crippen LogP contribution in [0.5, 0.6) is 0 Å². The molecule has 0 fully saturated rings. The zero-order chi connectivity index (χ0) is 15.1. The molecule has 0 saturated carbocycles. The molecule has 1 aliphatic heterocycles. The van der Waals surface area contributed by atoms with Gasteiger partial charge in [-0.3, -0.25) is 9.59 Å². The van der Waals surface area contributed by atoms with Crippen LogP contribution in [0.25, 0.3) is 0 Å². The van der Waals surface area contributed by atoms with Gasteiger partial charge in [0.15, 0.2) is 0 Å². The summed E-state index contributed by atoms with van der Waals surface area (Å²) in [5, 5.41) is 12.2. The molecule has 1 aromatic carbocycles. The number of rotatable bonds is 3. The quantitative estimate of drug-likeness (QED) is 0.889. The van der Waals surface area contributed by atoms with E-state index in [9.17, 15) is 14.7 Å². The van der Waals surface area contributed by atoms with E-state index in [1.807, 2.05) is 39.0 Å². The van der Waals surface area contributed by atoms with Crippen molar-refractivity contribution in [2.24, 2.45) is 0 Å². The monoisotopic (exact) mass is 339 g/mol. The fourth-order valence-electron chi connectivity index (χ4n) is 2.96. The van der Waals surface area contributed by atoms with Gasteiger partial charge in [-0.15, -0.1) is 0 Å². The second kappa shape index (κ2) is 4.88. The average molecular weight is 340 g/mol. The summed E-state index contributed by atoms with van der Waals surface area (Å²) in [6.07, 6.45) is 0.250. The number of carboxylic acid groups (broad SMARTS) is 1. The van der Waals surface area contributed by atoms with E-state index in [1.165, 1.54) is 0 Å². The first kappa shape index (κ1) is 15.0. The van der Waals surface area contributed by atoms with Gasteiger partial charge in [0.25, 0.3) is 0 Å². The van der Waals surface area contributed by atoms with E-state index >= 15 is 0 Å². The Hall–Kier alpha value is -1.36. The van der Waals surface area contributed by atoms with Crippen molar-refractivity contribution in [2.75, 3.05) is 0 Å². The lowest BCUT2D eigenvalue weighted by atomic mass is 9.67. The van der Waals surface area contributed by atoms with Crippen molar-refractivity contribution in [2.45, 2.75) is 44.6 Å². The standard InChI is InChI=1S/C15H18BrNO3/c1-4-15(8-12(18)19)11-7-9(16)5-6-10(11)14(2,3)17-13(15)20/h5-7H,4,8H2,1-3H3,(H,17,20)(H,18,19). The minimum absolute atomic E-state index is 0.200. The van der Waals surface area contributed by atoms with Crippen molar-refractivity contribution in [1.29, 1.82) is 0 Å². The average Bonchev–Trinajstić information content (AvgIpc) is 2.33. The SMILES string of the molecule is CCC1(CC(=O)O)C(=O)NC(C)(C)c2ccc(Br)cc21. The molecule has 1 amide bonds. The molecule has 0 spiro atoms. The summed E-state index contributed by atoms with van der Waals surface area (Å²) < 4.78 is 0.852. The maximum Gasteiger partial charge on any atom is 0.304 e.